The third-order valence-corrected chi connectivity index (χ3v) is 12.2. The van der Waals surface area contributed by atoms with Gasteiger partial charge in [0.15, 0.2) is 0 Å². The summed E-state index contributed by atoms with van der Waals surface area (Å²) in [6.07, 6.45) is 6.58. The quantitative estimate of drug-likeness (QED) is 0.159. The van der Waals surface area contributed by atoms with Crippen LogP contribution in [-0.4, -0.2) is 14.4 Å². The van der Waals surface area contributed by atoms with E-state index in [0.29, 0.717) is 11.2 Å². The fourth-order valence-corrected chi connectivity index (χ4v) is 9.85. The predicted molar refractivity (Wildman–Crippen MR) is 223 cm³/mol. The first-order chi connectivity index (χ1) is 25.7. The molecule has 52 heavy (non-hydrogen) atoms. The van der Waals surface area contributed by atoms with Crippen molar-refractivity contribution < 1.29 is 0 Å². The van der Waals surface area contributed by atoms with Crippen molar-refractivity contribution in [2.24, 2.45) is 0 Å². The van der Waals surface area contributed by atoms with Crippen molar-refractivity contribution in [1.29, 1.82) is 0 Å². The van der Waals surface area contributed by atoms with Crippen LogP contribution in [0.15, 0.2) is 187 Å². The molecule has 0 saturated carbocycles. The Morgan fingerprint density at radius 2 is 1.08 bits per heavy atom. The molecule has 2 atom stereocenters. The molecule has 0 fully saturated rings. The van der Waals surface area contributed by atoms with Crippen LogP contribution in [0.2, 0.25) is 0 Å². The Morgan fingerprint density at radius 1 is 0.519 bits per heavy atom. The number of fused-ring (bicyclic) bond motifs is 7. The molecule has 0 radical (unpaired) electrons. The van der Waals surface area contributed by atoms with Crippen LogP contribution in [0.25, 0.3) is 77.2 Å². The lowest BCUT2D eigenvalue weighted by Crippen LogP contribution is -2.03. The number of aromatic nitrogens is 2. The largest absolute Gasteiger partial charge is 0.309 e. The van der Waals surface area contributed by atoms with Crippen molar-refractivity contribution in [3.63, 3.8) is 0 Å². The third-order valence-electron chi connectivity index (χ3n) is 10.8. The summed E-state index contributed by atoms with van der Waals surface area (Å²) in [4.78, 5) is 1.37. The minimum atomic E-state index is 0.344. The van der Waals surface area contributed by atoms with Gasteiger partial charge < -0.3 is 9.13 Å². The average molecular weight is 685 g/mol. The van der Waals surface area contributed by atoms with E-state index >= 15 is 0 Å². The van der Waals surface area contributed by atoms with Crippen LogP contribution in [0.4, 0.5) is 0 Å². The lowest BCUT2D eigenvalue weighted by atomic mass is 9.91. The summed E-state index contributed by atoms with van der Waals surface area (Å²) in [5, 5.41) is 5.38. The van der Waals surface area contributed by atoms with Gasteiger partial charge in [0.25, 0.3) is 0 Å². The predicted octanol–water partition coefficient (Wildman–Crippen LogP) is 13.5. The molecular weight excluding hydrogens is 649 g/mol. The van der Waals surface area contributed by atoms with Crippen LogP contribution in [0.3, 0.4) is 0 Å². The minimum Gasteiger partial charge on any atom is -0.309 e. The van der Waals surface area contributed by atoms with Crippen molar-refractivity contribution in [1.82, 2.24) is 9.13 Å². The summed E-state index contributed by atoms with van der Waals surface area (Å²) in [5.41, 5.74) is 13.5. The smallest absolute Gasteiger partial charge is 0.0542 e. The fraction of sp³-hybridized carbons (Fsp3) is 0.0612. The molecule has 0 bridgehead atoms. The van der Waals surface area contributed by atoms with Crippen LogP contribution < -0.4 is 0 Å². The maximum Gasteiger partial charge on any atom is 0.0542 e. The molecule has 0 spiro atoms. The molecule has 1 aliphatic heterocycles. The molecule has 0 aliphatic carbocycles. The Hall–Kier alpha value is -6.03. The monoisotopic (exact) mass is 684 g/mol. The molecule has 3 heterocycles. The molecule has 0 saturated heterocycles. The Kier molecular flexibility index (Phi) is 7.30. The van der Waals surface area contributed by atoms with Gasteiger partial charge in [-0.1, -0.05) is 121 Å². The van der Waals surface area contributed by atoms with Crippen molar-refractivity contribution in [2.75, 3.05) is 0 Å². The van der Waals surface area contributed by atoms with E-state index < -0.39 is 0 Å². The summed E-state index contributed by atoms with van der Waals surface area (Å²) in [7, 11) is 0. The Morgan fingerprint density at radius 3 is 1.75 bits per heavy atom. The van der Waals surface area contributed by atoms with Crippen LogP contribution in [0.5, 0.6) is 0 Å². The molecule has 10 rings (SSSR count). The molecule has 0 N–H and O–H groups in total. The van der Waals surface area contributed by atoms with E-state index in [9.17, 15) is 0 Å². The van der Waals surface area contributed by atoms with Crippen molar-refractivity contribution in [3.8, 4) is 33.6 Å². The standard InChI is InChI=1S/C49H36N2S/c1-3-14-41-42-23-13-22-37(49(42)52-48(41)4-2)34-17-11-15-32(29-34)33-16-12-18-35(30-33)50-46-26-10-7-21-40(46)43-31-36(27-28-47(43)50)51-44-24-8-5-19-38(44)39-20-6-9-25-45(39)51/h3-31,41,48H,2H2,1H3/b14-3-. The van der Waals surface area contributed by atoms with Gasteiger partial charge >= 0.3 is 0 Å². The highest BCUT2D eigenvalue weighted by Gasteiger charge is 2.31. The van der Waals surface area contributed by atoms with Crippen molar-refractivity contribution in [2.45, 2.75) is 23.0 Å². The number of hydrogen-bond donors (Lipinski definition) is 0. The van der Waals surface area contributed by atoms with Crippen LogP contribution in [0.1, 0.15) is 18.4 Å². The number of hydrogen-bond acceptors (Lipinski definition) is 1. The molecule has 2 nitrogen and oxygen atoms in total. The summed E-state index contributed by atoms with van der Waals surface area (Å²) >= 11 is 1.94. The minimum absolute atomic E-state index is 0.344. The summed E-state index contributed by atoms with van der Waals surface area (Å²) in [6.45, 7) is 6.27. The van der Waals surface area contributed by atoms with Gasteiger partial charge in [-0.15, -0.1) is 18.3 Å². The highest BCUT2D eigenvalue weighted by Crippen LogP contribution is 2.51. The number of nitrogens with zero attached hydrogens (tertiary/aromatic N) is 2. The molecule has 3 heteroatoms. The maximum absolute atomic E-state index is 4.16. The van der Waals surface area contributed by atoms with E-state index in [2.05, 4.69) is 199 Å². The molecule has 248 valence electrons. The van der Waals surface area contributed by atoms with Gasteiger partial charge in [-0.2, -0.15) is 0 Å². The number of benzene rings is 7. The Balaban J connectivity index is 1.09. The van der Waals surface area contributed by atoms with Crippen LogP contribution in [-0.2, 0) is 0 Å². The highest BCUT2D eigenvalue weighted by molar-refractivity contribution is 8.00. The zero-order valence-electron chi connectivity index (χ0n) is 28.9. The first kappa shape index (κ1) is 30.8. The third kappa shape index (κ3) is 4.73. The van der Waals surface area contributed by atoms with Gasteiger partial charge in [-0.3, -0.25) is 0 Å². The topological polar surface area (TPSA) is 9.86 Å². The van der Waals surface area contributed by atoms with E-state index in [0.717, 1.165) is 5.69 Å². The number of rotatable bonds is 6. The SMILES string of the molecule is C=CC1Sc2c(-c3cccc(-c4cccc(-n5c6ccccc6c6cc(-n7c8ccccc8c8ccccc87)ccc65)c4)c3)cccc2C1/C=C\C. The van der Waals surface area contributed by atoms with Crippen molar-refractivity contribution >= 4 is 55.4 Å². The molecule has 2 unspecified atom stereocenters. The number of para-hydroxylation sites is 3. The van der Waals surface area contributed by atoms with E-state index in [1.165, 1.54) is 82.0 Å². The zero-order chi connectivity index (χ0) is 34.8. The van der Waals surface area contributed by atoms with E-state index in [4.69, 9.17) is 0 Å². The van der Waals surface area contributed by atoms with E-state index in [1.807, 2.05) is 11.8 Å². The second-order valence-electron chi connectivity index (χ2n) is 13.6. The van der Waals surface area contributed by atoms with Gasteiger partial charge in [0, 0.05) is 49.0 Å². The van der Waals surface area contributed by atoms with Gasteiger partial charge in [-0.05, 0) is 89.3 Å². The van der Waals surface area contributed by atoms with E-state index in [1.54, 1.807) is 0 Å². The molecule has 0 amide bonds. The summed E-state index contributed by atoms with van der Waals surface area (Å²) in [5.74, 6) is 0.353. The first-order valence-corrected chi connectivity index (χ1v) is 18.9. The van der Waals surface area contributed by atoms with Gasteiger partial charge in [0.2, 0.25) is 0 Å². The second kappa shape index (κ2) is 12.3. The highest BCUT2D eigenvalue weighted by atomic mass is 32.2. The normalized spacial score (nSPS) is 15.7. The second-order valence-corrected chi connectivity index (χ2v) is 14.8. The number of allylic oxidation sites excluding steroid dienone is 2. The Labute approximate surface area is 308 Å². The Bertz CT molecular complexity index is 2830. The van der Waals surface area contributed by atoms with Gasteiger partial charge in [-0.25, -0.2) is 0 Å². The molecule has 1 aliphatic rings. The molecule has 7 aromatic carbocycles. The fourth-order valence-electron chi connectivity index (χ4n) is 8.45. The van der Waals surface area contributed by atoms with Crippen LogP contribution >= 0.6 is 11.8 Å². The summed E-state index contributed by atoms with van der Waals surface area (Å²) in [6, 6.07) is 58.0. The van der Waals surface area contributed by atoms with Gasteiger partial charge in [0.1, 0.15) is 0 Å². The van der Waals surface area contributed by atoms with Gasteiger partial charge in [0.05, 0.1) is 22.1 Å². The van der Waals surface area contributed by atoms with Crippen LogP contribution in [0, 0.1) is 0 Å². The van der Waals surface area contributed by atoms with Crippen molar-refractivity contribution in [3.05, 3.63) is 188 Å². The lowest BCUT2D eigenvalue weighted by molar-refractivity contribution is 0.891. The maximum atomic E-state index is 4.16. The number of thioether (sulfide) groups is 1. The molecular formula is C49H36N2S. The summed E-state index contributed by atoms with van der Waals surface area (Å²) < 4.78 is 4.83. The lowest BCUT2D eigenvalue weighted by Gasteiger charge is -2.13. The first-order valence-electron chi connectivity index (χ1n) is 18.0. The molecule has 9 aromatic rings. The average Bonchev–Trinajstić information content (AvgIpc) is 3.85. The zero-order valence-corrected chi connectivity index (χ0v) is 29.7. The van der Waals surface area contributed by atoms with E-state index in [-0.39, 0.29) is 0 Å². The molecule has 2 aromatic heterocycles.